The van der Waals surface area contributed by atoms with E-state index in [9.17, 15) is 0 Å². The lowest BCUT2D eigenvalue weighted by molar-refractivity contribution is 0.210. The SMILES string of the molecule is CN(CCC(N)CO)CC1CCCCC1. The topological polar surface area (TPSA) is 49.5 Å². The van der Waals surface area contributed by atoms with E-state index in [4.69, 9.17) is 10.8 Å². The van der Waals surface area contributed by atoms with Crippen LogP contribution in [0.5, 0.6) is 0 Å². The minimum absolute atomic E-state index is 0.0428. The minimum Gasteiger partial charge on any atom is -0.395 e. The molecule has 3 nitrogen and oxygen atoms in total. The molecule has 1 fully saturated rings. The zero-order valence-corrected chi connectivity index (χ0v) is 9.99. The van der Waals surface area contributed by atoms with E-state index in [0.29, 0.717) is 0 Å². The molecule has 0 aliphatic heterocycles. The van der Waals surface area contributed by atoms with Gasteiger partial charge in [0, 0.05) is 12.6 Å². The van der Waals surface area contributed by atoms with Crippen LogP contribution in [0, 0.1) is 5.92 Å². The van der Waals surface area contributed by atoms with Gasteiger partial charge in [-0.15, -0.1) is 0 Å². The molecular weight excluding hydrogens is 188 g/mol. The van der Waals surface area contributed by atoms with Gasteiger partial charge in [0.05, 0.1) is 6.61 Å². The molecule has 1 aliphatic carbocycles. The maximum Gasteiger partial charge on any atom is 0.0583 e. The standard InChI is InChI=1S/C12H26N2O/c1-14(8-7-12(13)10-15)9-11-5-3-2-4-6-11/h11-12,15H,2-10,13H2,1H3. The normalized spacial score (nSPS) is 20.8. The zero-order valence-electron chi connectivity index (χ0n) is 9.99. The number of aliphatic hydroxyl groups is 1. The first-order chi connectivity index (χ1) is 7.22. The fraction of sp³-hybridized carbons (Fsp3) is 1.00. The lowest BCUT2D eigenvalue weighted by Gasteiger charge is -2.27. The molecule has 1 rings (SSSR count). The Bertz CT molecular complexity index is 158. The van der Waals surface area contributed by atoms with Crippen LogP contribution in [-0.4, -0.2) is 42.8 Å². The highest BCUT2D eigenvalue weighted by atomic mass is 16.3. The summed E-state index contributed by atoms with van der Waals surface area (Å²) in [6, 6.07) is -0.0428. The Morgan fingerprint density at radius 1 is 1.33 bits per heavy atom. The maximum atomic E-state index is 8.83. The average molecular weight is 214 g/mol. The molecule has 0 bridgehead atoms. The highest BCUT2D eigenvalue weighted by Crippen LogP contribution is 2.24. The summed E-state index contributed by atoms with van der Waals surface area (Å²) >= 11 is 0. The number of nitrogens with zero attached hydrogens (tertiary/aromatic N) is 1. The molecule has 1 saturated carbocycles. The molecule has 0 aromatic rings. The van der Waals surface area contributed by atoms with Gasteiger partial charge in [-0.2, -0.15) is 0 Å². The second-order valence-electron chi connectivity index (χ2n) is 5.00. The molecule has 15 heavy (non-hydrogen) atoms. The summed E-state index contributed by atoms with van der Waals surface area (Å²) in [6.07, 6.45) is 7.95. The van der Waals surface area contributed by atoms with Gasteiger partial charge in [0.2, 0.25) is 0 Å². The number of aliphatic hydroxyl groups excluding tert-OH is 1. The maximum absolute atomic E-state index is 8.83. The monoisotopic (exact) mass is 214 g/mol. The van der Waals surface area contributed by atoms with Crippen molar-refractivity contribution in [3.8, 4) is 0 Å². The second kappa shape index (κ2) is 7.20. The van der Waals surface area contributed by atoms with E-state index in [1.807, 2.05) is 0 Å². The Morgan fingerprint density at radius 2 is 2.00 bits per heavy atom. The molecule has 90 valence electrons. The van der Waals surface area contributed by atoms with E-state index in [2.05, 4.69) is 11.9 Å². The summed E-state index contributed by atoms with van der Waals surface area (Å²) in [5, 5.41) is 8.83. The Labute approximate surface area is 93.6 Å². The summed E-state index contributed by atoms with van der Waals surface area (Å²) in [5.74, 6) is 0.897. The first-order valence-corrected chi connectivity index (χ1v) is 6.27. The van der Waals surface area contributed by atoms with Gasteiger partial charge in [-0.1, -0.05) is 19.3 Å². The van der Waals surface area contributed by atoms with E-state index < -0.39 is 0 Å². The first kappa shape index (κ1) is 12.9. The van der Waals surface area contributed by atoms with Crippen LogP contribution in [0.2, 0.25) is 0 Å². The van der Waals surface area contributed by atoms with E-state index >= 15 is 0 Å². The Balaban J connectivity index is 2.08. The van der Waals surface area contributed by atoms with Gasteiger partial charge in [-0.3, -0.25) is 0 Å². The van der Waals surface area contributed by atoms with Crippen LogP contribution < -0.4 is 5.73 Å². The first-order valence-electron chi connectivity index (χ1n) is 6.27. The van der Waals surface area contributed by atoms with Crippen molar-refractivity contribution in [2.45, 2.75) is 44.6 Å². The molecule has 3 heteroatoms. The van der Waals surface area contributed by atoms with Crippen LogP contribution in [-0.2, 0) is 0 Å². The number of hydrogen-bond donors (Lipinski definition) is 2. The highest BCUT2D eigenvalue weighted by molar-refractivity contribution is 4.70. The summed E-state index contributed by atoms with van der Waals surface area (Å²) in [7, 11) is 2.17. The Kier molecular flexibility index (Phi) is 6.22. The summed E-state index contributed by atoms with van der Waals surface area (Å²) in [4.78, 5) is 2.37. The molecule has 0 amide bonds. The van der Waals surface area contributed by atoms with Crippen LogP contribution in [0.1, 0.15) is 38.5 Å². The third-order valence-corrected chi connectivity index (χ3v) is 3.41. The van der Waals surface area contributed by atoms with Gasteiger partial charge in [-0.25, -0.2) is 0 Å². The molecule has 0 saturated heterocycles. The predicted octanol–water partition coefficient (Wildman–Crippen LogP) is 1.21. The molecule has 1 unspecified atom stereocenters. The number of nitrogens with two attached hydrogens (primary N) is 1. The summed E-state index contributed by atoms with van der Waals surface area (Å²) in [5.41, 5.74) is 5.68. The van der Waals surface area contributed by atoms with Crippen LogP contribution in [0.3, 0.4) is 0 Å². The minimum atomic E-state index is -0.0428. The van der Waals surface area contributed by atoms with Crippen molar-refractivity contribution in [3.05, 3.63) is 0 Å². The molecule has 0 aromatic carbocycles. The van der Waals surface area contributed by atoms with Crippen molar-refractivity contribution in [1.29, 1.82) is 0 Å². The molecule has 0 aromatic heterocycles. The molecule has 1 aliphatic rings. The van der Waals surface area contributed by atoms with Gasteiger partial charge < -0.3 is 15.7 Å². The van der Waals surface area contributed by atoms with Crippen molar-refractivity contribution in [3.63, 3.8) is 0 Å². The summed E-state index contributed by atoms with van der Waals surface area (Å²) < 4.78 is 0. The van der Waals surface area contributed by atoms with Crippen LogP contribution >= 0.6 is 0 Å². The summed E-state index contributed by atoms with van der Waals surface area (Å²) in [6.45, 7) is 2.33. The third kappa shape index (κ3) is 5.50. The molecule has 0 spiro atoms. The Morgan fingerprint density at radius 3 is 2.60 bits per heavy atom. The highest BCUT2D eigenvalue weighted by Gasteiger charge is 2.15. The van der Waals surface area contributed by atoms with Gasteiger partial charge >= 0.3 is 0 Å². The zero-order chi connectivity index (χ0) is 11.1. The predicted molar refractivity (Wildman–Crippen MR) is 63.8 cm³/mol. The van der Waals surface area contributed by atoms with Crippen LogP contribution in [0.25, 0.3) is 0 Å². The molecule has 0 heterocycles. The number of hydrogen-bond acceptors (Lipinski definition) is 3. The van der Waals surface area contributed by atoms with E-state index in [1.54, 1.807) is 0 Å². The lowest BCUT2D eigenvalue weighted by atomic mass is 9.89. The van der Waals surface area contributed by atoms with Gasteiger partial charge in [0.25, 0.3) is 0 Å². The van der Waals surface area contributed by atoms with Crippen molar-refractivity contribution < 1.29 is 5.11 Å². The fourth-order valence-electron chi connectivity index (χ4n) is 2.38. The van der Waals surface area contributed by atoms with Crippen molar-refractivity contribution in [2.75, 3.05) is 26.7 Å². The smallest absolute Gasteiger partial charge is 0.0583 e. The third-order valence-electron chi connectivity index (χ3n) is 3.41. The fourth-order valence-corrected chi connectivity index (χ4v) is 2.38. The van der Waals surface area contributed by atoms with Gasteiger partial charge in [0.15, 0.2) is 0 Å². The molecular formula is C12H26N2O. The van der Waals surface area contributed by atoms with E-state index in [-0.39, 0.29) is 12.6 Å². The van der Waals surface area contributed by atoms with Gasteiger partial charge in [-0.05, 0) is 38.8 Å². The van der Waals surface area contributed by atoms with E-state index in [0.717, 1.165) is 18.9 Å². The largest absolute Gasteiger partial charge is 0.395 e. The van der Waals surface area contributed by atoms with Crippen molar-refractivity contribution >= 4 is 0 Å². The Hall–Kier alpha value is -0.120. The molecule has 3 N–H and O–H groups in total. The second-order valence-corrected chi connectivity index (χ2v) is 5.00. The number of rotatable bonds is 6. The van der Waals surface area contributed by atoms with Crippen molar-refractivity contribution in [2.24, 2.45) is 11.7 Å². The van der Waals surface area contributed by atoms with Gasteiger partial charge in [0.1, 0.15) is 0 Å². The average Bonchev–Trinajstić information content (AvgIpc) is 2.27. The quantitative estimate of drug-likeness (QED) is 0.698. The van der Waals surface area contributed by atoms with Crippen molar-refractivity contribution in [1.82, 2.24) is 4.90 Å². The lowest BCUT2D eigenvalue weighted by Crippen LogP contribution is -2.33. The van der Waals surface area contributed by atoms with Crippen LogP contribution in [0.4, 0.5) is 0 Å². The van der Waals surface area contributed by atoms with E-state index in [1.165, 1.54) is 38.6 Å². The van der Waals surface area contributed by atoms with Crippen LogP contribution in [0.15, 0.2) is 0 Å². The molecule has 0 radical (unpaired) electrons. The molecule has 1 atom stereocenters.